The quantitative estimate of drug-likeness (QED) is 0.808. The minimum absolute atomic E-state index is 0. The third-order valence-corrected chi connectivity index (χ3v) is 3.32. The van der Waals surface area contributed by atoms with Gasteiger partial charge in [0.2, 0.25) is 0 Å². The van der Waals surface area contributed by atoms with Crippen LogP contribution in [0, 0.1) is 0 Å². The van der Waals surface area contributed by atoms with E-state index in [-0.39, 0.29) is 18.4 Å². The maximum atomic E-state index is 5.86. The van der Waals surface area contributed by atoms with E-state index < -0.39 is 0 Å². The summed E-state index contributed by atoms with van der Waals surface area (Å²) in [6.45, 7) is 1.96. The van der Waals surface area contributed by atoms with Gasteiger partial charge in [0.15, 0.2) is 0 Å². The van der Waals surface area contributed by atoms with Gasteiger partial charge in [-0.1, -0.05) is 17.3 Å². The molecule has 5 nitrogen and oxygen atoms in total. The first-order valence-electron chi connectivity index (χ1n) is 6.44. The average Bonchev–Trinajstić information content (AvgIpc) is 2.90. The molecule has 0 saturated carbocycles. The molecule has 21 heavy (non-hydrogen) atoms. The molecule has 2 aromatic carbocycles. The molecule has 1 aromatic heterocycles. The summed E-state index contributed by atoms with van der Waals surface area (Å²) in [6.07, 6.45) is 0. The zero-order chi connectivity index (χ0) is 14.1. The normalized spacial score (nSPS) is 12.0. The van der Waals surface area contributed by atoms with Gasteiger partial charge in [-0.25, -0.2) is 4.68 Å². The number of aromatic nitrogens is 3. The van der Waals surface area contributed by atoms with Crippen LogP contribution in [0.1, 0.15) is 18.5 Å². The highest BCUT2D eigenvalue weighted by atomic mass is 35.5. The van der Waals surface area contributed by atoms with E-state index in [9.17, 15) is 0 Å². The zero-order valence-electron chi connectivity index (χ0n) is 11.9. The molecule has 110 valence electrons. The number of nitrogens with two attached hydrogens (primary N) is 1. The Bertz CT molecular complexity index is 737. The van der Waals surface area contributed by atoms with Gasteiger partial charge in [0.1, 0.15) is 11.3 Å². The lowest BCUT2D eigenvalue weighted by molar-refractivity contribution is 0.415. The predicted molar refractivity (Wildman–Crippen MR) is 85.3 cm³/mol. The fourth-order valence-electron chi connectivity index (χ4n) is 2.14. The molecule has 0 amide bonds. The topological polar surface area (TPSA) is 66.0 Å². The fourth-order valence-corrected chi connectivity index (χ4v) is 2.14. The van der Waals surface area contributed by atoms with Gasteiger partial charge in [-0.15, -0.1) is 17.5 Å². The largest absolute Gasteiger partial charge is 0.497 e. The summed E-state index contributed by atoms with van der Waals surface area (Å²) in [5, 5.41) is 8.36. The van der Waals surface area contributed by atoms with Crippen LogP contribution >= 0.6 is 12.4 Å². The third kappa shape index (κ3) is 2.84. The number of fused-ring (bicyclic) bond motifs is 1. The van der Waals surface area contributed by atoms with Gasteiger partial charge in [-0.3, -0.25) is 0 Å². The van der Waals surface area contributed by atoms with E-state index in [1.807, 2.05) is 49.4 Å². The van der Waals surface area contributed by atoms with Crippen molar-refractivity contribution in [2.45, 2.75) is 13.0 Å². The van der Waals surface area contributed by atoms with Crippen molar-refractivity contribution in [3.05, 3.63) is 48.0 Å². The molecule has 0 bridgehead atoms. The molecular formula is C15H17ClN4O. The Morgan fingerprint density at radius 1 is 1.14 bits per heavy atom. The van der Waals surface area contributed by atoms with Crippen molar-refractivity contribution in [2.24, 2.45) is 5.73 Å². The molecule has 0 aliphatic carbocycles. The molecule has 3 aromatic rings. The monoisotopic (exact) mass is 304 g/mol. The van der Waals surface area contributed by atoms with Crippen molar-refractivity contribution >= 4 is 23.4 Å². The number of ether oxygens (including phenoxy) is 1. The van der Waals surface area contributed by atoms with Crippen LogP contribution in [0.15, 0.2) is 42.5 Å². The van der Waals surface area contributed by atoms with Crippen LogP contribution in [0.4, 0.5) is 0 Å². The smallest absolute Gasteiger partial charge is 0.121 e. The minimum atomic E-state index is 0. The molecule has 0 spiro atoms. The first-order valence-corrected chi connectivity index (χ1v) is 6.44. The van der Waals surface area contributed by atoms with Crippen molar-refractivity contribution in [3.8, 4) is 11.4 Å². The lowest BCUT2D eigenvalue weighted by Crippen LogP contribution is -2.05. The molecule has 2 N–H and O–H groups in total. The molecule has 1 unspecified atom stereocenters. The second-order valence-electron chi connectivity index (χ2n) is 4.74. The van der Waals surface area contributed by atoms with E-state index in [1.165, 1.54) is 0 Å². The van der Waals surface area contributed by atoms with Crippen LogP contribution in [0.3, 0.4) is 0 Å². The Balaban J connectivity index is 0.00000161. The molecule has 0 fully saturated rings. The van der Waals surface area contributed by atoms with Crippen LogP contribution < -0.4 is 10.5 Å². The van der Waals surface area contributed by atoms with Crippen molar-refractivity contribution in [1.82, 2.24) is 15.0 Å². The van der Waals surface area contributed by atoms with Gasteiger partial charge in [0.25, 0.3) is 0 Å². The van der Waals surface area contributed by atoms with Gasteiger partial charge >= 0.3 is 0 Å². The molecule has 3 rings (SSSR count). The minimum Gasteiger partial charge on any atom is -0.497 e. The second-order valence-corrected chi connectivity index (χ2v) is 4.74. The number of benzene rings is 2. The lowest BCUT2D eigenvalue weighted by Gasteiger charge is -2.07. The summed E-state index contributed by atoms with van der Waals surface area (Å²) in [4.78, 5) is 0. The number of halogens is 1. The summed E-state index contributed by atoms with van der Waals surface area (Å²) >= 11 is 0. The van der Waals surface area contributed by atoms with Crippen LogP contribution in [0.2, 0.25) is 0 Å². The third-order valence-electron chi connectivity index (χ3n) is 3.32. The first kappa shape index (κ1) is 15.3. The van der Waals surface area contributed by atoms with E-state index in [0.717, 1.165) is 28.0 Å². The summed E-state index contributed by atoms with van der Waals surface area (Å²) in [5.41, 5.74) is 9.66. The first-order chi connectivity index (χ1) is 9.69. The Morgan fingerprint density at radius 3 is 2.48 bits per heavy atom. The molecule has 1 atom stereocenters. The molecule has 0 saturated heterocycles. The van der Waals surface area contributed by atoms with E-state index in [2.05, 4.69) is 10.3 Å². The standard InChI is InChI=1S/C15H16N4O.ClH/c1-10(16)11-3-5-12(6-4-11)19-15-8-7-13(20-2)9-14(15)17-18-19;/h3-10H,16H2,1-2H3;1H. The molecular weight excluding hydrogens is 288 g/mol. The van der Waals surface area contributed by atoms with E-state index in [0.29, 0.717) is 0 Å². The van der Waals surface area contributed by atoms with Crippen LogP contribution in [0.5, 0.6) is 5.75 Å². The highest BCUT2D eigenvalue weighted by Crippen LogP contribution is 2.22. The molecule has 0 aliphatic rings. The highest BCUT2D eigenvalue weighted by molar-refractivity contribution is 5.85. The van der Waals surface area contributed by atoms with Crippen LogP contribution in [-0.2, 0) is 0 Å². The molecule has 0 aliphatic heterocycles. The van der Waals surface area contributed by atoms with Crippen molar-refractivity contribution in [1.29, 1.82) is 0 Å². The lowest BCUT2D eigenvalue weighted by atomic mass is 10.1. The van der Waals surface area contributed by atoms with Crippen molar-refractivity contribution in [3.63, 3.8) is 0 Å². The summed E-state index contributed by atoms with van der Waals surface area (Å²) < 4.78 is 6.99. The van der Waals surface area contributed by atoms with Gasteiger partial charge in [0.05, 0.1) is 18.3 Å². The van der Waals surface area contributed by atoms with E-state index >= 15 is 0 Å². The SMILES string of the molecule is COc1ccc2c(c1)nnn2-c1ccc(C(C)N)cc1.Cl. The highest BCUT2D eigenvalue weighted by Gasteiger charge is 2.08. The van der Waals surface area contributed by atoms with E-state index in [4.69, 9.17) is 10.5 Å². The number of nitrogens with zero attached hydrogens (tertiary/aromatic N) is 3. The van der Waals surface area contributed by atoms with Crippen molar-refractivity contribution < 1.29 is 4.74 Å². The number of hydrogen-bond donors (Lipinski definition) is 1. The number of rotatable bonds is 3. The Hall–Kier alpha value is -2.11. The summed E-state index contributed by atoms with van der Waals surface area (Å²) in [5.74, 6) is 0.775. The van der Waals surface area contributed by atoms with Gasteiger partial charge in [0, 0.05) is 12.1 Å². The van der Waals surface area contributed by atoms with Crippen LogP contribution in [0.25, 0.3) is 16.7 Å². The second kappa shape index (κ2) is 6.11. The molecule has 6 heteroatoms. The maximum Gasteiger partial charge on any atom is 0.121 e. The van der Waals surface area contributed by atoms with Gasteiger partial charge < -0.3 is 10.5 Å². The predicted octanol–water partition coefficient (Wildman–Crippen LogP) is 2.87. The maximum absolute atomic E-state index is 5.86. The Morgan fingerprint density at radius 2 is 1.86 bits per heavy atom. The van der Waals surface area contributed by atoms with Crippen molar-refractivity contribution in [2.75, 3.05) is 7.11 Å². The molecule has 1 heterocycles. The van der Waals surface area contributed by atoms with Gasteiger partial charge in [-0.2, -0.15) is 0 Å². The van der Waals surface area contributed by atoms with Crippen LogP contribution in [-0.4, -0.2) is 22.1 Å². The summed E-state index contributed by atoms with van der Waals surface area (Å²) in [7, 11) is 1.64. The Labute approximate surface area is 129 Å². The zero-order valence-corrected chi connectivity index (χ0v) is 12.7. The fraction of sp³-hybridized carbons (Fsp3) is 0.200. The summed E-state index contributed by atoms with van der Waals surface area (Å²) in [6, 6.07) is 13.8. The average molecular weight is 305 g/mol. The number of methoxy groups -OCH3 is 1. The van der Waals surface area contributed by atoms with Gasteiger partial charge in [-0.05, 0) is 36.8 Å². The molecule has 0 radical (unpaired) electrons. The van der Waals surface area contributed by atoms with E-state index in [1.54, 1.807) is 11.8 Å². The Kier molecular flexibility index (Phi) is 4.45. The number of hydrogen-bond acceptors (Lipinski definition) is 4.